The normalized spacial score (nSPS) is 13.6. The second-order valence-electron chi connectivity index (χ2n) is 3.51. The van der Waals surface area contributed by atoms with Crippen LogP contribution in [0.15, 0.2) is 23.1 Å². The molecule has 3 nitrogen and oxygen atoms in total. The predicted octanol–water partition coefficient (Wildman–Crippen LogP) is 2.77. The van der Waals surface area contributed by atoms with Gasteiger partial charge in [0, 0.05) is 0 Å². The van der Waals surface area contributed by atoms with Gasteiger partial charge in [0.25, 0.3) is 0 Å². The Morgan fingerprint density at radius 2 is 2.00 bits per heavy atom. The standard InChI is InChI=1S/C10H10F5NO2S/c1-6-2-3-7(4-8(6)18-9(11)12)19(17)16-5-10(13,14)15/h2-4,9,16H,5H2,1H3. The maximum Gasteiger partial charge on any atom is 0.402 e. The summed E-state index contributed by atoms with van der Waals surface area (Å²) in [5, 5.41) is 0. The summed E-state index contributed by atoms with van der Waals surface area (Å²) < 4.78 is 77.3. The van der Waals surface area contributed by atoms with Crippen molar-refractivity contribution < 1.29 is 30.9 Å². The average molecular weight is 303 g/mol. The second kappa shape index (κ2) is 6.29. The third-order valence-corrected chi connectivity index (χ3v) is 3.08. The molecule has 0 aliphatic rings. The minimum atomic E-state index is -4.51. The Labute approximate surface area is 108 Å². The Bertz CT molecular complexity index is 464. The lowest BCUT2D eigenvalue weighted by molar-refractivity contribution is -0.121. The van der Waals surface area contributed by atoms with Crippen LogP contribution in [-0.4, -0.2) is 23.5 Å². The molecule has 0 aromatic heterocycles. The quantitative estimate of drug-likeness (QED) is 0.850. The topological polar surface area (TPSA) is 38.3 Å². The summed E-state index contributed by atoms with van der Waals surface area (Å²) in [5.74, 6) is -0.227. The fourth-order valence-corrected chi connectivity index (χ4v) is 2.02. The van der Waals surface area contributed by atoms with Crippen molar-refractivity contribution >= 4 is 11.0 Å². The van der Waals surface area contributed by atoms with Crippen LogP contribution in [0.3, 0.4) is 0 Å². The second-order valence-corrected chi connectivity index (χ2v) is 4.81. The van der Waals surface area contributed by atoms with Gasteiger partial charge in [-0.25, -0.2) is 8.93 Å². The molecule has 0 radical (unpaired) electrons. The third-order valence-electron chi connectivity index (χ3n) is 1.99. The van der Waals surface area contributed by atoms with E-state index in [1.54, 1.807) is 4.72 Å². The molecule has 19 heavy (non-hydrogen) atoms. The molecule has 1 N–H and O–H groups in total. The van der Waals surface area contributed by atoms with E-state index in [9.17, 15) is 26.2 Å². The highest BCUT2D eigenvalue weighted by atomic mass is 32.2. The van der Waals surface area contributed by atoms with E-state index in [4.69, 9.17) is 0 Å². The van der Waals surface area contributed by atoms with Crippen LogP contribution in [-0.2, 0) is 11.0 Å². The molecule has 0 aliphatic heterocycles. The molecule has 1 atom stereocenters. The largest absolute Gasteiger partial charge is 0.435 e. The molecule has 108 valence electrons. The van der Waals surface area contributed by atoms with E-state index in [0.717, 1.165) is 6.07 Å². The van der Waals surface area contributed by atoms with Crippen LogP contribution in [0.2, 0.25) is 0 Å². The van der Waals surface area contributed by atoms with Gasteiger partial charge in [-0.1, -0.05) is 6.07 Å². The molecule has 0 bridgehead atoms. The van der Waals surface area contributed by atoms with Gasteiger partial charge in [-0.05, 0) is 24.6 Å². The SMILES string of the molecule is Cc1ccc(S(=O)NCC(F)(F)F)cc1OC(F)F. The molecule has 0 spiro atoms. The van der Waals surface area contributed by atoms with Crippen LogP contribution in [0.25, 0.3) is 0 Å². The van der Waals surface area contributed by atoms with Gasteiger partial charge in [-0.15, -0.1) is 0 Å². The van der Waals surface area contributed by atoms with Crippen molar-refractivity contribution in [2.45, 2.75) is 24.6 Å². The highest BCUT2D eigenvalue weighted by Gasteiger charge is 2.27. The highest BCUT2D eigenvalue weighted by molar-refractivity contribution is 7.83. The van der Waals surface area contributed by atoms with Crippen molar-refractivity contribution in [3.63, 3.8) is 0 Å². The molecule has 1 aromatic carbocycles. The predicted molar refractivity (Wildman–Crippen MR) is 58.3 cm³/mol. The highest BCUT2D eigenvalue weighted by Crippen LogP contribution is 2.23. The first-order valence-electron chi connectivity index (χ1n) is 4.96. The molecule has 1 rings (SSSR count). The summed E-state index contributed by atoms with van der Waals surface area (Å²) in [6.45, 7) is -3.03. The summed E-state index contributed by atoms with van der Waals surface area (Å²) in [6, 6.07) is 3.62. The van der Waals surface area contributed by atoms with E-state index in [0.29, 0.717) is 5.56 Å². The number of ether oxygens (including phenoxy) is 1. The number of hydrogen-bond donors (Lipinski definition) is 1. The van der Waals surface area contributed by atoms with Gasteiger partial charge in [0.1, 0.15) is 23.3 Å². The van der Waals surface area contributed by atoms with E-state index in [2.05, 4.69) is 4.74 Å². The maximum absolute atomic E-state index is 12.1. The number of nitrogens with one attached hydrogen (secondary N) is 1. The van der Waals surface area contributed by atoms with Crippen molar-refractivity contribution in [2.24, 2.45) is 0 Å². The third kappa shape index (κ3) is 5.52. The lowest BCUT2D eigenvalue weighted by Gasteiger charge is -2.11. The molecule has 0 saturated carbocycles. The monoisotopic (exact) mass is 303 g/mol. The van der Waals surface area contributed by atoms with Gasteiger partial charge in [0.15, 0.2) is 0 Å². The zero-order valence-corrected chi connectivity index (χ0v) is 10.4. The minimum Gasteiger partial charge on any atom is -0.435 e. The number of aryl methyl sites for hydroxylation is 1. The summed E-state index contributed by atoms with van der Waals surface area (Å²) in [5.41, 5.74) is 0.358. The Balaban J connectivity index is 2.81. The molecule has 0 heterocycles. The first-order valence-corrected chi connectivity index (χ1v) is 6.11. The number of alkyl halides is 5. The van der Waals surface area contributed by atoms with Gasteiger partial charge in [-0.3, -0.25) is 0 Å². The van der Waals surface area contributed by atoms with E-state index in [1.165, 1.54) is 19.1 Å². The van der Waals surface area contributed by atoms with E-state index >= 15 is 0 Å². The molecule has 0 fully saturated rings. The van der Waals surface area contributed by atoms with Crippen molar-refractivity contribution in [3.05, 3.63) is 23.8 Å². The molecule has 0 aliphatic carbocycles. The minimum absolute atomic E-state index is 0.0782. The van der Waals surface area contributed by atoms with Crippen molar-refractivity contribution in [1.82, 2.24) is 4.72 Å². The summed E-state index contributed by atoms with van der Waals surface area (Å²) in [4.78, 5) is -0.0782. The maximum atomic E-state index is 12.1. The van der Waals surface area contributed by atoms with Crippen molar-refractivity contribution in [2.75, 3.05) is 6.54 Å². The first kappa shape index (κ1) is 15.8. The van der Waals surface area contributed by atoms with Crippen LogP contribution in [0.1, 0.15) is 5.56 Å². The van der Waals surface area contributed by atoms with Crippen LogP contribution < -0.4 is 9.46 Å². The fraction of sp³-hybridized carbons (Fsp3) is 0.400. The average Bonchev–Trinajstić information content (AvgIpc) is 2.27. The van der Waals surface area contributed by atoms with Crippen LogP contribution in [0.4, 0.5) is 22.0 Å². The van der Waals surface area contributed by atoms with Crippen LogP contribution in [0.5, 0.6) is 5.75 Å². The molecular formula is C10H10F5NO2S. The van der Waals surface area contributed by atoms with Gasteiger partial charge in [0.2, 0.25) is 0 Å². The zero-order chi connectivity index (χ0) is 14.6. The Morgan fingerprint density at radius 3 is 2.53 bits per heavy atom. The summed E-state index contributed by atoms with van der Waals surface area (Å²) in [6.07, 6.45) is -4.51. The lowest BCUT2D eigenvalue weighted by atomic mass is 10.2. The van der Waals surface area contributed by atoms with Crippen LogP contribution >= 0.6 is 0 Å². The Kier molecular flexibility index (Phi) is 5.24. The molecule has 1 aromatic rings. The van der Waals surface area contributed by atoms with E-state index in [-0.39, 0.29) is 10.6 Å². The molecular weight excluding hydrogens is 293 g/mol. The first-order chi connectivity index (χ1) is 8.69. The summed E-state index contributed by atoms with van der Waals surface area (Å²) in [7, 11) is -2.16. The van der Waals surface area contributed by atoms with Crippen LogP contribution in [0, 0.1) is 6.92 Å². The fourth-order valence-electron chi connectivity index (χ4n) is 1.15. The van der Waals surface area contributed by atoms with E-state index in [1.807, 2.05) is 0 Å². The molecule has 0 amide bonds. The number of benzene rings is 1. The smallest absolute Gasteiger partial charge is 0.402 e. The lowest BCUT2D eigenvalue weighted by Crippen LogP contribution is -2.30. The van der Waals surface area contributed by atoms with Gasteiger partial charge in [0.05, 0.1) is 4.90 Å². The molecule has 1 unspecified atom stereocenters. The van der Waals surface area contributed by atoms with Gasteiger partial charge < -0.3 is 4.74 Å². The molecule has 9 heteroatoms. The Hall–Kier alpha value is -1.22. The van der Waals surface area contributed by atoms with Crippen molar-refractivity contribution in [3.8, 4) is 5.75 Å². The molecule has 0 saturated heterocycles. The number of hydrogen-bond acceptors (Lipinski definition) is 2. The number of halogens is 5. The van der Waals surface area contributed by atoms with Gasteiger partial charge in [-0.2, -0.15) is 22.0 Å². The zero-order valence-electron chi connectivity index (χ0n) is 9.63. The summed E-state index contributed by atoms with van der Waals surface area (Å²) >= 11 is 0. The van der Waals surface area contributed by atoms with E-state index < -0.39 is 30.3 Å². The number of rotatable bonds is 5. The van der Waals surface area contributed by atoms with Gasteiger partial charge >= 0.3 is 12.8 Å². The van der Waals surface area contributed by atoms with Crippen molar-refractivity contribution in [1.29, 1.82) is 0 Å². The Morgan fingerprint density at radius 1 is 1.37 bits per heavy atom.